The van der Waals surface area contributed by atoms with Crippen LogP contribution < -0.4 is 15.4 Å². The molecule has 2 rings (SSSR count). The molecular weight excluding hydrogens is 264 g/mol. The second-order valence-corrected chi connectivity index (χ2v) is 5.73. The van der Waals surface area contributed by atoms with Crippen LogP contribution in [0.1, 0.15) is 38.5 Å². The quantitative estimate of drug-likeness (QED) is 0.791. The van der Waals surface area contributed by atoms with Crippen molar-refractivity contribution in [2.45, 2.75) is 38.5 Å². The maximum Gasteiger partial charge on any atom is 0.257 e. The van der Waals surface area contributed by atoms with E-state index in [0.717, 1.165) is 23.9 Å². The number of rotatable bonds is 6. The number of carbonyl (C=O) groups excluding carboxylic acids is 1. The van der Waals surface area contributed by atoms with Crippen LogP contribution in [0.15, 0.2) is 24.3 Å². The van der Waals surface area contributed by atoms with Crippen LogP contribution in [-0.2, 0) is 4.79 Å². The lowest BCUT2D eigenvalue weighted by atomic mass is 10.0. The lowest BCUT2D eigenvalue weighted by Gasteiger charge is -2.16. The molecule has 1 aromatic carbocycles. The molecule has 0 spiro atoms. The average Bonchev–Trinajstić information content (AvgIpc) is 2.79. The molecule has 1 fully saturated rings. The minimum Gasteiger partial charge on any atom is -0.484 e. The summed E-state index contributed by atoms with van der Waals surface area (Å²) in [6.07, 6.45) is 8.17. The Kier molecular flexibility index (Phi) is 6.38. The highest BCUT2D eigenvalue weighted by molar-refractivity contribution is 5.77. The summed E-state index contributed by atoms with van der Waals surface area (Å²) in [5, 5.41) is 6.05. The normalized spacial score (nSPS) is 16.0. The fourth-order valence-electron chi connectivity index (χ4n) is 2.75. The number of ether oxygens (including phenoxy) is 1. The Morgan fingerprint density at radius 3 is 2.71 bits per heavy atom. The minimum absolute atomic E-state index is 0.0581. The minimum atomic E-state index is -0.119. The third-order valence-electron chi connectivity index (χ3n) is 4.05. The Bertz CT molecular complexity index is 440. The zero-order chi connectivity index (χ0) is 14.9. The van der Waals surface area contributed by atoms with Crippen molar-refractivity contribution in [2.24, 2.45) is 5.92 Å². The fourth-order valence-corrected chi connectivity index (χ4v) is 2.75. The maximum absolute atomic E-state index is 11.2. The fraction of sp³-hybridized carbons (Fsp3) is 0.588. The molecule has 1 saturated carbocycles. The van der Waals surface area contributed by atoms with E-state index >= 15 is 0 Å². The summed E-state index contributed by atoms with van der Waals surface area (Å²) in [6, 6.07) is 7.83. The molecule has 0 unspecified atom stereocenters. The van der Waals surface area contributed by atoms with Gasteiger partial charge in [0.1, 0.15) is 5.75 Å². The van der Waals surface area contributed by atoms with Crippen molar-refractivity contribution < 1.29 is 9.53 Å². The zero-order valence-corrected chi connectivity index (χ0v) is 12.9. The van der Waals surface area contributed by atoms with Gasteiger partial charge in [-0.05, 0) is 30.9 Å². The van der Waals surface area contributed by atoms with Crippen LogP contribution in [0.25, 0.3) is 0 Å². The molecule has 21 heavy (non-hydrogen) atoms. The summed E-state index contributed by atoms with van der Waals surface area (Å²) < 4.78 is 5.46. The Morgan fingerprint density at radius 1 is 1.24 bits per heavy atom. The van der Waals surface area contributed by atoms with Gasteiger partial charge in [-0.25, -0.2) is 0 Å². The van der Waals surface area contributed by atoms with E-state index in [1.165, 1.54) is 38.5 Å². The lowest BCUT2D eigenvalue weighted by Crippen LogP contribution is -2.24. The molecule has 2 N–H and O–H groups in total. The molecule has 4 heteroatoms. The first-order chi connectivity index (χ1) is 10.3. The second-order valence-electron chi connectivity index (χ2n) is 5.73. The van der Waals surface area contributed by atoms with Gasteiger partial charge in [-0.2, -0.15) is 0 Å². The van der Waals surface area contributed by atoms with Crippen LogP contribution in [-0.4, -0.2) is 26.1 Å². The molecule has 1 aliphatic carbocycles. The highest BCUT2D eigenvalue weighted by Gasteiger charge is 2.11. The first-order valence-corrected chi connectivity index (χ1v) is 7.95. The molecule has 1 aromatic rings. The molecule has 0 saturated heterocycles. The van der Waals surface area contributed by atoms with Gasteiger partial charge in [-0.1, -0.05) is 31.7 Å². The summed E-state index contributed by atoms with van der Waals surface area (Å²) in [5.74, 6) is 1.39. The van der Waals surface area contributed by atoms with Crippen molar-refractivity contribution >= 4 is 11.6 Å². The first-order valence-electron chi connectivity index (χ1n) is 7.95. The van der Waals surface area contributed by atoms with E-state index in [-0.39, 0.29) is 12.5 Å². The molecule has 0 atom stereocenters. The lowest BCUT2D eigenvalue weighted by molar-refractivity contribution is -0.122. The Labute approximate surface area is 127 Å². The van der Waals surface area contributed by atoms with E-state index in [2.05, 4.69) is 10.6 Å². The van der Waals surface area contributed by atoms with E-state index in [1.54, 1.807) is 7.05 Å². The van der Waals surface area contributed by atoms with E-state index in [0.29, 0.717) is 0 Å². The highest BCUT2D eigenvalue weighted by Crippen LogP contribution is 2.24. The number of amides is 1. The van der Waals surface area contributed by atoms with Gasteiger partial charge in [0.05, 0.1) is 0 Å². The number of likely N-dealkylation sites (N-methyl/N-ethyl adjacent to an activating group) is 1. The van der Waals surface area contributed by atoms with Gasteiger partial charge in [0.2, 0.25) is 0 Å². The molecule has 4 nitrogen and oxygen atoms in total. The van der Waals surface area contributed by atoms with Gasteiger partial charge in [-0.15, -0.1) is 0 Å². The molecular formula is C17H26N2O2. The SMILES string of the molecule is CNC(=O)COc1cccc(NCC2CCCCCC2)c1. The van der Waals surface area contributed by atoms with Gasteiger partial charge in [0, 0.05) is 25.3 Å². The highest BCUT2D eigenvalue weighted by atomic mass is 16.5. The van der Waals surface area contributed by atoms with Gasteiger partial charge in [0.25, 0.3) is 5.91 Å². The molecule has 0 heterocycles. The first kappa shape index (κ1) is 15.7. The molecule has 1 amide bonds. The summed E-state index contributed by atoms with van der Waals surface area (Å²) in [5.41, 5.74) is 1.06. The van der Waals surface area contributed by atoms with E-state index in [9.17, 15) is 4.79 Å². The van der Waals surface area contributed by atoms with Gasteiger partial charge in [-0.3, -0.25) is 4.79 Å². The summed E-state index contributed by atoms with van der Waals surface area (Å²) >= 11 is 0. The van der Waals surface area contributed by atoms with E-state index in [1.807, 2.05) is 24.3 Å². The van der Waals surface area contributed by atoms with Crippen molar-refractivity contribution in [3.63, 3.8) is 0 Å². The van der Waals surface area contributed by atoms with E-state index in [4.69, 9.17) is 4.74 Å². The van der Waals surface area contributed by atoms with Crippen LogP contribution in [0.5, 0.6) is 5.75 Å². The molecule has 0 radical (unpaired) electrons. The van der Waals surface area contributed by atoms with E-state index < -0.39 is 0 Å². The number of benzene rings is 1. The predicted molar refractivity (Wildman–Crippen MR) is 85.7 cm³/mol. The number of hydrogen-bond acceptors (Lipinski definition) is 3. The molecule has 0 aliphatic heterocycles. The Hall–Kier alpha value is -1.71. The predicted octanol–water partition coefficient (Wildman–Crippen LogP) is 3.19. The number of anilines is 1. The van der Waals surface area contributed by atoms with Crippen molar-refractivity contribution in [2.75, 3.05) is 25.5 Å². The van der Waals surface area contributed by atoms with Crippen LogP contribution in [0.4, 0.5) is 5.69 Å². The largest absolute Gasteiger partial charge is 0.484 e. The summed E-state index contributed by atoms with van der Waals surface area (Å²) in [7, 11) is 1.61. The maximum atomic E-state index is 11.2. The third-order valence-corrected chi connectivity index (χ3v) is 4.05. The Balaban J connectivity index is 1.81. The average molecular weight is 290 g/mol. The molecule has 0 aromatic heterocycles. The van der Waals surface area contributed by atoms with Crippen LogP contribution in [0, 0.1) is 5.92 Å². The van der Waals surface area contributed by atoms with Crippen LogP contribution in [0.3, 0.4) is 0 Å². The summed E-state index contributed by atoms with van der Waals surface area (Å²) in [6.45, 7) is 1.08. The zero-order valence-electron chi connectivity index (χ0n) is 12.9. The van der Waals surface area contributed by atoms with Crippen molar-refractivity contribution in [1.29, 1.82) is 0 Å². The number of carbonyl (C=O) groups is 1. The van der Waals surface area contributed by atoms with Crippen molar-refractivity contribution in [1.82, 2.24) is 5.32 Å². The van der Waals surface area contributed by atoms with Crippen molar-refractivity contribution in [3.8, 4) is 5.75 Å². The topological polar surface area (TPSA) is 50.4 Å². The third kappa shape index (κ3) is 5.66. The smallest absolute Gasteiger partial charge is 0.257 e. The van der Waals surface area contributed by atoms with Gasteiger partial charge >= 0.3 is 0 Å². The standard InChI is InChI=1S/C17H26N2O2/c1-18-17(20)13-21-16-10-6-9-15(11-16)19-12-14-7-4-2-3-5-8-14/h6,9-11,14,19H,2-5,7-8,12-13H2,1H3,(H,18,20). The van der Waals surface area contributed by atoms with Gasteiger partial charge in [0.15, 0.2) is 6.61 Å². The monoisotopic (exact) mass is 290 g/mol. The number of nitrogens with one attached hydrogen (secondary N) is 2. The summed E-state index contributed by atoms with van der Waals surface area (Å²) in [4.78, 5) is 11.2. The molecule has 116 valence electrons. The molecule has 1 aliphatic rings. The number of hydrogen-bond donors (Lipinski definition) is 2. The second kappa shape index (κ2) is 8.55. The Morgan fingerprint density at radius 2 is 2.00 bits per heavy atom. The van der Waals surface area contributed by atoms with Crippen molar-refractivity contribution in [3.05, 3.63) is 24.3 Å². The molecule has 0 bridgehead atoms. The van der Waals surface area contributed by atoms with Gasteiger partial charge < -0.3 is 15.4 Å². The van der Waals surface area contributed by atoms with Crippen LogP contribution >= 0.6 is 0 Å². The van der Waals surface area contributed by atoms with Crippen LogP contribution in [0.2, 0.25) is 0 Å².